The second-order valence-electron chi connectivity index (χ2n) is 4.62. The summed E-state index contributed by atoms with van der Waals surface area (Å²) in [6.45, 7) is 1.91. The summed E-state index contributed by atoms with van der Waals surface area (Å²) in [6.07, 6.45) is 1.77. The first-order valence-electron chi connectivity index (χ1n) is 6.52. The van der Waals surface area contributed by atoms with Gasteiger partial charge >= 0.3 is 0 Å². The van der Waals surface area contributed by atoms with E-state index in [4.69, 9.17) is 16.0 Å². The minimum Gasteiger partial charge on any atom is -0.458 e. The van der Waals surface area contributed by atoms with Gasteiger partial charge in [-0.3, -0.25) is 4.98 Å². The maximum absolute atomic E-state index is 9.82. The molecule has 0 amide bonds. The third-order valence-electron chi connectivity index (χ3n) is 3.32. The summed E-state index contributed by atoms with van der Waals surface area (Å²) in [5.74, 6) is 1.26. The summed E-state index contributed by atoms with van der Waals surface area (Å²) in [5.41, 5.74) is 1.67. The van der Waals surface area contributed by atoms with Crippen molar-refractivity contribution in [3.8, 4) is 11.3 Å². The molecule has 0 saturated heterocycles. The van der Waals surface area contributed by atoms with Gasteiger partial charge in [-0.2, -0.15) is 0 Å². The lowest BCUT2D eigenvalue weighted by Gasteiger charge is -2.06. The Labute approximate surface area is 121 Å². The quantitative estimate of drug-likeness (QED) is 0.766. The Balaban J connectivity index is 2.15. The molecule has 3 nitrogen and oxygen atoms in total. The van der Waals surface area contributed by atoms with Gasteiger partial charge < -0.3 is 9.52 Å². The standard InChI is InChI=1S/C16H14ClNO2/c1-2-13(19)15-8-7-14(20-15)11-5-6-12(17)10-4-3-9-18-16(10)11/h3-9,13,19H,2H2,1H3. The number of fused-ring (bicyclic) bond motifs is 1. The summed E-state index contributed by atoms with van der Waals surface area (Å²) in [6, 6.07) is 11.2. The van der Waals surface area contributed by atoms with Crippen molar-refractivity contribution in [2.24, 2.45) is 0 Å². The van der Waals surface area contributed by atoms with Gasteiger partial charge in [-0.05, 0) is 42.8 Å². The van der Waals surface area contributed by atoms with Crippen LogP contribution < -0.4 is 0 Å². The number of aromatic nitrogens is 1. The van der Waals surface area contributed by atoms with Crippen LogP contribution in [0.25, 0.3) is 22.2 Å². The van der Waals surface area contributed by atoms with Crippen LogP contribution in [-0.4, -0.2) is 10.1 Å². The van der Waals surface area contributed by atoms with Gasteiger partial charge in [-0.1, -0.05) is 18.5 Å². The highest BCUT2D eigenvalue weighted by Gasteiger charge is 2.14. The Morgan fingerprint density at radius 3 is 2.90 bits per heavy atom. The molecule has 3 aromatic rings. The molecule has 3 rings (SSSR count). The molecule has 4 heteroatoms. The fourth-order valence-corrected chi connectivity index (χ4v) is 2.43. The van der Waals surface area contributed by atoms with E-state index in [0.717, 1.165) is 16.5 Å². The molecule has 1 aromatic carbocycles. The Morgan fingerprint density at radius 1 is 1.25 bits per heavy atom. The number of benzene rings is 1. The van der Waals surface area contributed by atoms with E-state index >= 15 is 0 Å². The molecule has 0 radical (unpaired) electrons. The van der Waals surface area contributed by atoms with E-state index in [1.807, 2.05) is 37.3 Å². The summed E-state index contributed by atoms with van der Waals surface area (Å²) < 4.78 is 5.74. The van der Waals surface area contributed by atoms with Crippen LogP contribution in [0, 0.1) is 0 Å². The van der Waals surface area contributed by atoms with Crippen LogP contribution in [-0.2, 0) is 0 Å². The summed E-state index contributed by atoms with van der Waals surface area (Å²) >= 11 is 6.18. The van der Waals surface area contributed by atoms with Crippen molar-refractivity contribution in [1.29, 1.82) is 0 Å². The van der Waals surface area contributed by atoms with Crippen molar-refractivity contribution >= 4 is 22.5 Å². The van der Waals surface area contributed by atoms with E-state index in [0.29, 0.717) is 23.0 Å². The first kappa shape index (κ1) is 13.2. The molecule has 1 unspecified atom stereocenters. The van der Waals surface area contributed by atoms with Crippen LogP contribution in [0.1, 0.15) is 25.2 Å². The van der Waals surface area contributed by atoms with Gasteiger partial charge in [-0.15, -0.1) is 0 Å². The number of hydrogen-bond acceptors (Lipinski definition) is 3. The number of hydrogen-bond donors (Lipinski definition) is 1. The molecule has 1 N–H and O–H groups in total. The average molecular weight is 288 g/mol. The topological polar surface area (TPSA) is 46.3 Å². The highest BCUT2D eigenvalue weighted by atomic mass is 35.5. The van der Waals surface area contributed by atoms with E-state index in [2.05, 4.69) is 4.98 Å². The Morgan fingerprint density at radius 2 is 2.10 bits per heavy atom. The molecule has 0 aliphatic heterocycles. The second kappa shape index (κ2) is 5.27. The average Bonchev–Trinajstić information content (AvgIpc) is 2.97. The van der Waals surface area contributed by atoms with Crippen molar-refractivity contribution < 1.29 is 9.52 Å². The van der Waals surface area contributed by atoms with Crippen LogP contribution >= 0.6 is 11.6 Å². The fraction of sp³-hybridized carbons (Fsp3) is 0.188. The molecule has 20 heavy (non-hydrogen) atoms. The number of aliphatic hydroxyl groups is 1. The zero-order valence-electron chi connectivity index (χ0n) is 11.0. The smallest absolute Gasteiger partial charge is 0.136 e. The van der Waals surface area contributed by atoms with E-state index in [1.54, 1.807) is 12.3 Å². The van der Waals surface area contributed by atoms with Crippen LogP contribution in [0.15, 0.2) is 47.0 Å². The number of nitrogens with zero attached hydrogens (tertiary/aromatic N) is 1. The van der Waals surface area contributed by atoms with Crippen LogP contribution in [0.2, 0.25) is 5.02 Å². The molecule has 0 spiro atoms. The molecule has 2 heterocycles. The second-order valence-corrected chi connectivity index (χ2v) is 5.03. The lowest BCUT2D eigenvalue weighted by molar-refractivity contribution is 0.147. The lowest BCUT2D eigenvalue weighted by atomic mass is 10.1. The van der Waals surface area contributed by atoms with Crippen LogP contribution in [0.5, 0.6) is 0 Å². The van der Waals surface area contributed by atoms with Gasteiger partial charge in [0.15, 0.2) is 0 Å². The van der Waals surface area contributed by atoms with Gasteiger partial charge in [0, 0.05) is 17.1 Å². The van der Waals surface area contributed by atoms with Gasteiger partial charge in [0.25, 0.3) is 0 Å². The number of furan rings is 1. The van der Waals surface area contributed by atoms with Crippen molar-refractivity contribution in [2.45, 2.75) is 19.4 Å². The molecule has 0 bridgehead atoms. The zero-order chi connectivity index (χ0) is 14.1. The largest absolute Gasteiger partial charge is 0.458 e. The molecule has 0 aliphatic carbocycles. The minimum atomic E-state index is -0.574. The SMILES string of the molecule is CCC(O)c1ccc(-c2ccc(Cl)c3cccnc23)o1. The van der Waals surface area contributed by atoms with Gasteiger partial charge in [0.2, 0.25) is 0 Å². The van der Waals surface area contributed by atoms with Gasteiger partial charge in [0.05, 0.1) is 10.5 Å². The summed E-state index contributed by atoms with van der Waals surface area (Å²) in [4.78, 5) is 4.39. The van der Waals surface area contributed by atoms with E-state index in [1.165, 1.54) is 0 Å². The highest BCUT2D eigenvalue weighted by Crippen LogP contribution is 2.33. The maximum atomic E-state index is 9.82. The lowest BCUT2D eigenvalue weighted by Crippen LogP contribution is -1.91. The fourth-order valence-electron chi connectivity index (χ4n) is 2.21. The van der Waals surface area contributed by atoms with Crippen molar-refractivity contribution in [2.75, 3.05) is 0 Å². The molecule has 2 aromatic heterocycles. The molecule has 0 saturated carbocycles. The summed E-state index contributed by atoms with van der Waals surface area (Å²) in [7, 11) is 0. The van der Waals surface area contributed by atoms with Crippen LogP contribution in [0.3, 0.4) is 0 Å². The Bertz CT molecular complexity index is 751. The molecule has 1 atom stereocenters. The summed E-state index contributed by atoms with van der Waals surface area (Å²) in [5, 5.41) is 11.4. The van der Waals surface area contributed by atoms with Gasteiger partial charge in [-0.25, -0.2) is 0 Å². The van der Waals surface area contributed by atoms with E-state index in [9.17, 15) is 5.11 Å². The molecular weight excluding hydrogens is 274 g/mol. The monoisotopic (exact) mass is 287 g/mol. The minimum absolute atomic E-state index is 0.571. The van der Waals surface area contributed by atoms with Crippen molar-refractivity contribution in [3.63, 3.8) is 0 Å². The molecular formula is C16H14ClNO2. The maximum Gasteiger partial charge on any atom is 0.136 e. The predicted octanol–water partition coefficient (Wildman–Crippen LogP) is 4.59. The van der Waals surface area contributed by atoms with Crippen LogP contribution in [0.4, 0.5) is 0 Å². The molecule has 0 fully saturated rings. The molecule has 0 aliphatic rings. The first-order chi connectivity index (χ1) is 9.70. The Hall–Kier alpha value is -1.84. The third kappa shape index (κ3) is 2.19. The number of aliphatic hydroxyl groups excluding tert-OH is 1. The zero-order valence-corrected chi connectivity index (χ0v) is 11.8. The van der Waals surface area contributed by atoms with E-state index < -0.39 is 6.10 Å². The molecule has 102 valence electrons. The van der Waals surface area contributed by atoms with Gasteiger partial charge in [0.1, 0.15) is 17.6 Å². The Kier molecular flexibility index (Phi) is 3.47. The number of halogens is 1. The van der Waals surface area contributed by atoms with E-state index in [-0.39, 0.29) is 0 Å². The van der Waals surface area contributed by atoms with Crippen molar-refractivity contribution in [3.05, 3.63) is 53.4 Å². The third-order valence-corrected chi connectivity index (χ3v) is 3.65. The number of pyridine rings is 1. The number of rotatable bonds is 3. The highest BCUT2D eigenvalue weighted by molar-refractivity contribution is 6.35. The van der Waals surface area contributed by atoms with Crippen molar-refractivity contribution in [1.82, 2.24) is 4.98 Å². The first-order valence-corrected chi connectivity index (χ1v) is 6.90. The predicted molar refractivity (Wildman–Crippen MR) is 79.7 cm³/mol. The normalized spacial score (nSPS) is 12.8.